The van der Waals surface area contributed by atoms with Crippen LogP contribution < -0.4 is 15.5 Å². The molecule has 1 amide bonds. The summed E-state index contributed by atoms with van der Waals surface area (Å²) in [4.78, 5) is 13.2. The second-order valence-corrected chi connectivity index (χ2v) is 7.99. The Kier molecular flexibility index (Phi) is 5.64. The van der Waals surface area contributed by atoms with Crippen molar-refractivity contribution in [1.82, 2.24) is 14.9 Å². The molecule has 29 heavy (non-hydrogen) atoms. The first-order chi connectivity index (χ1) is 14.1. The van der Waals surface area contributed by atoms with E-state index in [9.17, 15) is 4.79 Å². The molecule has 4 rings (SSSR count). The number of benzene rings is 2. The van der Waals surface area contributed by atoms with E-state index in [2.05, 4.69) is 20.9 Å². The first-order valence-electron chi connectivity index (χ1n) is 9.17. The summed E-state index contributed by atoms with van der Waals surface area (Å²) in [5, 5.41) is 12.1. The van der Waals surface area contributed by atoms with Crippen molar-refractivity contribution in [2.24, 2.45) is 0 Å². The molecule has 0 spiro atoms. The molecule has 1 aromatic heterocycles. The maximum atomic E-state index is 13.2. The number of ether oxygens (including phenoxy) is 1. The van der Waals surface area contributed by atoms with Crippen LogP contribution in [0.5, 0.6) is 5.75 Å². The molecule has 0 bridgehead atoms. The number of carbonyl (C=O) groups is 1. The Balaban J connectivity index is 1.68. The fourth-order valence-corrected chi connectivity index (χ4v) is 4.44. The Labute approximate surface area is 177 Å². The molecule has 0 saturated carbocycles. The van der Waals surface area contributed by atoms with E-state index >= 15 is 0 Å². The molecule has 1 aliphatic rings. The molecule has 2 heterocycles. The Morgan fingerprint density at radius 2 is 2.00 bits per heavy atom. The molecule has 0 aliphatic carbocycles. The van der Waals surface area contributed by atoms with Crippen LogP contribution >= 0.6 is 23.4 Å². The number of hydrogen-bond acceptors (Lipinski definition) is 6. The van der Waals surface area contributed by atoms with Crippen molar-refractivity contribution in [3.05, 3.63) is 64.9 Å². The second-order valence-electron chi connectivity index (χ2n) is 6.48. The molecule has 2 atom stereocenters. The van der Waals surface area contributed by atoms with Crippen LogP contribution in [0.4, 0.5) is 5.69 Å². The van der Waals surface area contributed by atoms with Crippen LogP contribution in [0, 0.1) is 0 Å². The molecule has 0 fully saturated rings. The highest BCUT2D eigenvalue weighted by Crippen LogP contribution is 2.38. The molecule has 9 heteroatoms. The summed E-state index contributed by atoms with van der Waals surface area (Å²) >= 11 is 7.60. The first kappa shape index (κ1) is 19.6. The molecule has 3 aromatic rings. The number of fused-ring (bicyclic) bond motifs is 1. The molecule has 1 aliphatic heterocycles. The summed E-state index contributed by atoms with van der Waals surface area (Å²) < 4.78 is 7.12. The molecule has 2 N–H and O–H groups in total. The number of amides is 1. The van der Waals surface area contributed by atoms with E-state index in [0.29, 0.717) is 15.9 Å². The fourth-order valence-electron chi connectivity index (χ4n) is 3.16. The van der Waals surface area contributed by atoms with Gasteiger partial charge in [-0.2, -0.15) is 0 Å². The van der Waals surface area contributed by atoms with Crippen molar-refractivity contribution in [3.8, 4) is 5.75 Å². The number of thioether (sulfide) groups is 1. The number of hydrogen-bond donors (Lipinski definition) is 2. The number of para-hydroxylation sites is 1. The number of halogens is 1. The molecule has 2 aromatic carbocycles. The van der Waals surface area contributed by atoms with Gasteiger partial charge >= 0.3 is 0 Å². The third-order valence-electron chi connectivity index (χ3n) is 4.68. The van der Waals surface area contributed by atoms with Gasteiger partial charge in [0, 0.05) is 6.42 Å². The molecule has 0 saturated heterocycles. The number of rotatable bonds is 5. The van der Waals surface area contributed by atoms with E-state index in [1.54, 1.807) is 19.2 Å². The lowest BCUT2D eigenvalue weighted by Gasteiger charge is -2.33. The highest BCUT2D eigenvalue weighted by Gasteiger charge is 2.37. The van der Waals surface area contributed by atoms with Crippen molar-refractivity contribution in [3.63, 3.8) is 0 Å². The van der Waals surface area contributed by atoms with Crippen LogP contribution in [0.1, 0.15) is 24.4 Å². The van der Waals surface area contributed by atoms with Crippen molar-refractivity contribution in [2.75, 3.05) is 17.9 Å². The van der Waals surface area contributed by atoms with Crippen molar-refractivity contribution < 1.29 is 9.53 Å². The zero-order valence-electron chi connectivity index (χ0n) is 15.9. The third kappa shape index (κ3) is 3.90. The highest BCUT2D eigenvalue weighted by atomic mass is 35.5. The second kappa shape index (κ2) is 8.34. The smallest absolute Gasteiger partial charge is 0.240 e. The third-order valence-corrected chi connectivity index (χ3v) is 6.23. The van der Waals surface area contributed by atoms with Gasteiger partial charge in [0.1, 0.15) is 11.0 Å². The van der Waals surface area contributed by atoms with Crippen molar-refractivity contribution in [2.45, 2.75) is 29.8 Å². The van der Waals surface area contributed by atoms with Gasteiger partial charge < -0.3 is 15.5 Å². The summed E-state index contributed by atoms with van der Waals surface area (Å²) in [6, 6.07) is 14.6. The summed E-state index contributed by atoms with van der Waals surface area (Å²) in [6.07, 6.45) is 0.729. The molecule has 0 unspecified atom stereocenters. The van der Waals surface area contributed by atoms with E-state index < -0.39 is 5.25 Å². The lowest BCUT2D eigenvalue weighted by molar-refractivity contribution is -0.116. The highest BCUT2D eigenvalue weighted by molar-refractivity contribution is 8.00. The average molecular weight is 430 g/mol. The Hall–Kier alpha value is -2.71. The Morgan fingerprint density at radius 1 is 1.24 bits per heavy atom. The SMILES string of the molecule is CCc1nnc2n1N[C@H](c1ccc(OC)cc1)[C@H](C(=O)Nc1ccccc1Cl)S2. The topological polar surface area (TPSA) is 81.1 Å². The molecular formula is C20H20ClN5O2S. The number of aryl methyl sites for hydroxylation is 1. The maximum absolute atomic E-state index is 13.2. The van der Waals surface area contributed by atoms with Gasteiger partial charge in [0.2, 0.25) is 11.1 Å². The van der Waals surface area contributed by atoms with Crippen LogP contribution in [0.2, 0.25) is 5.02 Å². The zero-order valence-corrected chi connectivity index (χ0v) is 17.5. The lowest BCUT2D eigenvalue weighted by Crippen LogP contribution is -2.41. The standard InChI is InChI=1S/C20H20ClN5O2S/c1-3-16-23-24-20-26(16)25-17(12-8-10-13(28-2)11-9-12)18(29-20)19(27)22-15-7-5-4-6-14(15)21/h4-11,17-18,25H,3H2,1-2H3,(H,22,27)/t17-,18-/m1/s1. The van der Waals surface area contributed by atoms with E-state index in [1.165, 1.54) is 11.8 Å². The van der Waals surface area contributed by atoms with Gasteiger partial charge in [-0.25, -0.2) is 4.68 Å². The normalized spacial score (nSPS) is 17.9. The van der Waals surface area contributed by atoms with Crippen LogP contribution in [0.3, 0.4) is 0 Å². The van der Waals surface area contributed by atoms with Gasteiger partial charge in [0.25, 0.3) is 0 Å². The summed E-state index contributed by atoms with van der Waals surface area (Å²) in [6.45, 7) is 2.02. The lowest BCUT2D eigenvalue weighted by atomic mass is 10.0. The van der Waals surface area contributed by atoms with Gasteiger partial charge in [-0.1, -0.05) is 54.6 Å². The monoisotopic (exact) mass is 429 g/mol. The first-order valence-corrected chi connectivity index (χ1v) is 10.4. The van der Waals surface area contributed by atoms with E-state index in [-0.39, 0.29) is 11.9 Å². The van der Waals surface area contributed by atoms with Crippen LogP contribution in [0.25, 0.3) is 0 Å². The number of nitrogens with zero attached hydrogens (tertiary/aromatic N) is 3. The Morgan fingerprint density at radius 3 is 2.69 bits per heavy atom. The quantitative estimate of drug-likeness (QED) is 0.640. The molecule has 150 valence electrons. The van der Waals surface area contributed by atoms with Gasteiger partial charge in [-0.15, -0.1) is 10.2 Å². The van der Waals surface area contributed by atoms with Gasteiger partial charge in [-0.05, 0) is 29.8 Å². The minimum absolute atomic E-state index is 0.163. The summed E-state index contributed by atoms with van der Waals surface area (Å²) in [5.41, 5.74) is 4.95. The largest absolute Gasteiger partial charge is 0.497 e. The number of carbonyl (C=O) groups excluding carboxylic acids is 1. The van der Waals surface area contributed by atoms with Gasteiger partial charge in [0.15, 0.2) is 5.82 Å². The van der Waals surface area contributed by atoms with Crippen LogP contribution in [0.15, 0.2) is 53.7 Å². The van der Waals surface area contributed by atoms with E-state index in [1.807, 2.05) is 48.0 Å². The minimum atomic E-state index is -0.471. The summed E-state index contributed by atoms with van der Waals surface area (Å²) in [7, 11) is 1.63. The van der Waals surface area contributed by atoms with Crippen LogP contribution in [-0.4, -0.2) is 33.1 Å². The van der Waals surface area contributed by atoms with Crippen molar-refractivity contribution >= 4 is 35.0 Å². The molecular weight excluding hydrogens is 410 g/mol. The maximum Gasteiger partial charge on any atom is 0.240 e. The van der Waals surface area contributed by atoms with E-state index in [0.717, 1.165) is 23.6 Å². The van der Waals surface area contributed by atoms with E-state index in [4.69, 9.17) is 16.3 Å². The van der Waals surface area contributed by atoms with Gasteiger partial charge in [0.05, 0.1) is 23.9 Å². The zero-order chi connectivity index (χ0) is 20.4. The minimum Gasteiger partial charge on any atom is -0.497 e. The number of methoxy groups -OCH3 is 1. The average Bonchev–Trinajstić information content (AvgIpc) is 3.16. The predicted molar refractivity (Wildman–Crippen MR) is 114 cm³/mol. The molecule has 0 radical (unpaired) electrons. The number of anilines is 1. The predicted octanol–water partition coefficient (Wildman–Crippen LogP) is 3.90. The fraction of sp³-hybridized carbons (Fsp3) is 0.250. The summed E-state index contributed by atoms with van der Waals surface area (Å²) in [5.74, 6) is 1.41. The molecule has 7 nitrogen and oxygen atoms in total. The number of nitrogens with one attached hydrogen (secondary N) is 2. The Bertz CT molecular complexity index is 1020. The van der Waals surface area contributed by atoms with Crippen molar-refractivity contribution in [1.29, 1.82) is 0 Å². The number of aromatic nitrogens is 3. The van der Waals surface area contributed by atoms with Crippen LogP contribution in [-0.2, 0) is 11.2 Å². The van der Waals surface area contributed by atoms with Gasteiger partial charge in [-0.3, -0.25) is 4.79 Å².